The molecular weight excluding hydrogens is 817 g/mol. The molecule has 2 aromatic carbocycles. The average molecular weight is 889 g/mol. The fourth-order valence-corrected chi connectivity index (χ4v) is 12.2. The molecule has 0 heterocycles. The fraction of sp³-hybridized carbons (Fsp3) is 0.667. The lowest BCUT2D eigenvalue weighted by Crippen LogP contribution is -2.58. The van der Waals surface area contributed by atoms with Gasteiger partial charge in [0.05, 0.1) is 12.2 Å². The Morgan fingerprint density at radius 2 is 1.27 bits per heavy atom. The number of rotatable bonds is 19. The van der Waals surface area contributed by atoms with E-state index in [1.54, 1.807) is 24.3 Å². The van der Waals surface area contributed by atoms with Crippen LogP contribution in [0.2, 0.25) is 0 Å². The number of carbonyl (C=O) groups excluding carboxylic acids is 5. The maximum absolute atomic E-state index is 13.3. The first kappa shape index (κ1) is 49.0. The first-order valence-electron chi connectivity index (χ1n) is 23.7. The molecule has 0 radical (unpaired) electrons. The molecule has 0 saturated heterocycles. The molecular formula is C51H72N2O11. The molecule has 4 aliphatic carbocycles. The maximum atomic E-state index is 13.3. The van der Waals surface area contributed by atoms with E-state index < -0.39 is 54.9 Å². The van der Waals surface area contributed by atoms with E-state index in [0.29, 0.717) is 30.1 Å². The molecule has 352 valence electrons. The molecule has 13 nitrogen and oxygen atoms in total. The highest BCUT2D eigenvalue weighted by molar-refractivity contribution is 5.87. The molecule has 6 rings (SSSR count). The number of amides is 2. The number of aliphatic hydroxyl groups excluding tert-OH is 2. The van der Waals surface area contributed by atoms with Crippen LogP contribution in [0, 0.1) is 52.3 Å². The Bertz CT molecular complexity index is 1880. The van der Waals surface area contributed by atoms with E-state index in [2.05, 4.69) is 31.4 Å². The monoisotopic (exact) mass is 889 g/mol. The van der Waals surface area contributed by atoms with E-state index in [-0.39, 0.29) is 73.6 Å². The quantitative estimate of drug-likeness (QED) is 0.0613. The zero-order chi connectivity index (χ0) is 46.0. The van der Waals surface area contributed by atoms with Gasteiger partial charge in [-0.05, 0) is 134 Å². The van der Waals surface area contributed by atoms with Gasteiger partial charge in [0.2, 0.25) is 6.79 Å². The third-order valence-corrected chi connectivity index (χ3v) is 15.7. The average Bonchev–Trinajstić information content (AvgIpc) is 3.64. The predicted molar refractivity (Wildman–Crippen MR) is 238 cm³/mol. The highest BCUT2D eigenvalue weighted by Crippen LogP contribution is 2.68. The Balaban J connectivity index is 0.961. The van der Waals surface area contributed by atoms with Gasteiger partial charge in [0.1, 0.15) is 25.3 Å². The summed E-state index contributed by atoms with van der Waals surface area (Å²) in [5.74, 6) is -0.149. The van der Waals surface area contributed by atoms with E-state index >= 15 is 0 Å². The Morgan fingerprint density at radius 1 is 0.688 bits per heavy atom. The normalized spacial score (nSPS) is 29.7. The molecule has 13 heteroatoms. The van der Waals surface area contributed by atoms with Gasteiger partial charge in [0.25, 0.3) is 0 Å². The lowest BCUT2D eigenvalue weighted by Gasteiger charge is -2.62. The molecule has 0 aliphatic heterocycles. The first-order chi connectivity index (χ1) is 30.6. The summed E-state index contributed by atoms with van der Waals surface area (Å²) < 4.78 is 21.5. The summed E-state index contributed by atoms with van der Waals surface area (Å²) in [6, 6.07) is 15.1. The number of ether oxygens (including phenoxy) is 4. The summed E-state index contributed by atoms with van der Waals surface area (Å²) >= 11 is 0. The van der Waals surface area contributed by atoms with Crippen LogP contribution in [0.3, 0.4) is 0 Å². The van der Waals surface area contributed by atoms with Crippen LogP contribution in [-0.2, 0) is 51.3 Å². The van der Waals surface area contributed by atoms with Crippen molar-refractivity contribution >= 4 is 29.9 Å². The highest BCUT2D eigenvalue weighted by Gasteiger charge is 2.63. The summed E-state index contributed by atoms with van der Waals surface area (Å²) in [7, 11) is 0. The molecule has 4 N–H and O–H groups in total. The Kier molecular flexibility index (Phi) is 16.9. The molecule has 12 atom stereocenters. The highest BCUT2D eigenvalue weighted by atomic mass is 16.7. The SMILES string of the molecule is CC(C)C[C@H](NC(=O)N[C@@H](CCC(=O)OCOC(=O)CC[C@@H](C)[C@H]1CCC2C3CCC4C[C@H](O)CC[C@]4(C)C3C[C@H](O)[C@@]21C)C(=O)OCc1ccccc1)C(=O)OCc1ccccc1. The number of hydrogen-bond donors (Lipinski definition) is 4. The summed E-state index contributed by atoms with van der Waals surface area (Å²) in [4.78, 5) is 65.4. The van der Waals surface area contributed by atoms with Crippen LogP contribution < -0.4 is 10.6 Å². The number of urea groups is 1. The minimum atomic E-state index is -1.27. The van der Waals surface area contributed by atoms with Gasteiger partial charge < -0.3 is 39.8 Å². The van der Waals surface area contributed by atoms with Gasteiger partial charge >= 0.3 is 29.9 Å². The number of aliphatic hydroxyl groups is 2. The van der Waals surface area contributed by atoms with E-state index in [0.717, 1.165) is 62.5 Å². The third-order valence-electron chi connectivity index (χ3n) is 15.7. The number of benzene rings is 2. The van der Waals surface area contributed by atoms with E-state index in [1.807, 2.05) is 50.2 Å². The van der Waals surface area contributed by atoms with E-state index in [4.69, 9.17) is 18.9 Å². The van der Waals surface area contributed by atoms with Crippen LogP contribution in [0.25, 0.3) is 0 Å². The lowest BCUT2D eigenvalue weighted by atomic mass is 9.43. The van der Waals surface area contributed by atoms with Gasteiger partial charge in [-0.15, -0.1) is 0 Å². The molecule has 0 bridgehead atoms. The van der Waals surface area contributed by atoms with E-state index in [9.17, 15) is 34.2 Å². The molecule has 4 aliphatic rings. The number of fused-ring (bicyclic) bond motifs is 5. The van der Waals surface area contributed by atoms with Crippen LogP contribution in [0.15, 0.2) is 60.7 Å². The number of carbonyl (C=O) groups is 5. The summed E-state index contributed by atoms with van der Waals surface area (Å²) in [6.07, 6.45) is 7.91. The standard InChI is InChI=1S/C51H72N2O11/c1-32(2)26-43(48(59)62-30-35-14-10-7-11-15-35)53-49(60)52-42(47(58)61-29-34-12-8-6-9-13-34)21-23-46(57)64-31-63-45(56)22-16-33(3)39-19-20-40-38-18-17-36-27-37(54)24-25-50(36,4)41(38)28-44(55)51(39,40)5/h6-15,32-33,36-44,54-55H,16-31H2,1-5H3,(H2,52,53,60)/t33-,36?,37-,38?,39-,40?,41?,42+,43+,44+,50+,51-/m1/s1. The molecule has 4 saturated carbocycles. The minimum absolute atomic E-state index is 0.0266. The van der Waals surface area contributed by atoms with Crippen molar-refractivity contribution in [3.05, 3.63) is 71.8 Å². The van der Waals surface area contributed by atoms with E-state index in [1.165, 1.54) is 0 Å². The minimum Gasteiger partial charge on any atom is -0.459 e. The van der Waals surface area contributed by atoms with Gasteiger partial charge in [-0.3, -0.25) is 9.59 Å². The molecule has 4 unspecified atom stereocenters. The van der Waals surface area contributed by atoms with Crippen molar-refractivity contribution in [2.75, 3.05) is 6.79 Å². The van der Waals surface area contributed by atoms with Crippen LogP contribution in [0.5, 0.6) is 0 Å². The van der Waals surface area contributed by atoms with Crippen LogP contribution in [-0.4, -0.2) is 71.2 Å². The van der Waals surface area contributed by atoms with Gasteiger partial charge in [-0.25, -0.2) is 14.4 Å². The van der Waals surface area contributed by atoms with Crippen molar-refractivity contribution in [1.82, 2.24) is 10.6 Å². The fourth-order valence-electron chi connectivity index (χ4n) is 12.2. The second-order valence-electron chi connectivity index (χ2n) is 20.1. The third kappa shape index (κ3) is 12.0. The molecule has 4 fully saturated rings. The topological polar surface area (TPSA) is 187 Å². The van der Waals surface area contributed by atoms with Gasteiger partial charge in [-0.2, -0.15) is 0 Å². The number of hydrogen-bond acceptors (Lipinski definition) is 11. The second kappa shape index (κ2) is 22.1. The zero-order valence-electron chi connectivity index (χ0n) is 38.5. The van der Waals surface area contributed by atoms with Crippen molar-refractivity contribution < 1.29 is 53.1 Å². The molecule has 0 spiro atoms. The number of esters is 4. The molecule has 0 aromatic heterocycles. The summed E-state index contributed by atoms with van der Waals surface area (Å²) in [6.45, 7) is 10.1. The first-order valence-corrected chi connectivity index (χ1v) is 23.7. The Labute approximate surface area is 379 Å². The zero-order valence-corrected chi connectivity index (χ0v) is 38.5. The smallest absolute Gasteiger partial charge is 0.329 e. The second-order valence-corrected chi connectivity index (χ2v) is 20.1. The van der Waals surface area contributed by atoms with Gasteiger partial charge in [0.15, 0.2) is 0 Å². The van der Waals surface area contributed by atoms with Crippen molar-refractivity contribution in [2.45, 2.75) is 156 Å². The molecule has 64 heavy (non-hydrogen) atoms. The molecule has 2 aromatic rings. The van der Waals surface area contributed by atoms with Crippen molar-refractivity contribution in [2.24, 2.45) is 52.3 Å². The van der Waals surface area contributed by atoms with Gasteiger partial charge in [0, 0.05) is 12.8 Å². The molecule has 2 amide bonds. The van der Waals surface area contributed by atoms with Crippen molar-refractivity contribution in [1.29, 1.82) is 0 Å². The van der Waals surface area contributed by atoms with Crippen LogP contribution in [0.4, 0.5) is 4.79 Å². The van der Waals surface area contributed by atoms with Crippen molar-refractivity contribution in [3.63, 3.8) is 0 Å². The maximum Gasteiger partial charge on any atom is 0.329 e. The Hall–Kier alpha value is -4.49. The summed E-state index contributed by atoms with van der Waals surface area (Å²) in [5.41, 5.74) is 1.47. The van der Waals surface area contributed by atoms with Crippen molar-refractivity contribution in [3.8, 4) is 0 Å². The number of nitrogens with one attached hydrogen (secondary N) is 2. The van der Waals surface area contributed by atoms with Gasteiger partial charge in [-0.1, -0.05) is 95.3 Å². The lowest BCUT2D eigenvalue weighted by molar-refractivity contribution is -0.175. The largest absolute Gasteiger partial charge is 0.459 e. The Morgan fingerprint density at radius 3 is 1.88 bits per heavy atom. The van der Waals surface area contributed by atoms with Crippen LogP contribution in [0.1, 0.15) is 129 Å². The summed E-state index contributed by atoms with van der Waals surface area (Å²) in [5, 5.41) is 27.5. The van der Waals surface area contributed by atoms with Crippen LogP contribution >= 0.6 is 0 Å². The predicted octanol–water partition coefficient (Wildman–Crippen LogP) is 7.79.